The third kappa shape index (κ3) is 4.07. The van der Waals surface area contributed by atoms with Gasteiger partial charge in [-0.25, -0.2) is 4.39 Å². The Morgan fingerprint density at radius 1 is 1.05 bits per heavy atom. The molecule has 0 fully saturated rings. The molecule has 0 saturated heterocycles. The van der Waals surface area contributed by atoms with Crippen LogP contribution in [0.25, 0.3) is 0 Å². The number of hydrogen-bond donors (Lipinski definition) is 1. The molecule has 100 valence electrons. The minimum atomic E-state index is -0.416. The maximum atomic E-state index is 12.9. The molecular weight excluding hydrogens is 241 g/mol. The number of halogens is 1. The molecule has 0 aliphatic carbocycles. The van der Waals surface area contributed by atoms with Gasteiger partial charge in [-0.2, -0.15) is 0 Å². The van der Waals surface area contributed by atoms with Gasteiger partial charge in [0.2, 0.25) is 0 Å². The summed E-state index contributed by atoms with van der Waals surface area (Å²) in [5, 5.41) is 9.60. The number of para-hydroxylation sites is 1. The Morgan fingerprint density at radius 3 is 2.26 bits per heavy atom. The van der Waals surface area contributed by atoms with Crippen LogP contribution < -0.4 is 4.90 Å². The van der Waals surface area contributed by atoms with Gasteiger partial charge in [0, 0.05) is 18.8 Å². The van der Waals surface area contributed by atoms with E-state index < -0.39 is 6.10 Å². The molecule has 0 heterocycles. The monoisotopic (exact) mass is 259 g/mol. The molecule has 0 aliphatic heterocycles. The minimum absolute atomic E-state index is 0.231. The van der Waals surface area contributed by atoms with Crippen molar-refractivity contribution in [2.24, 2.45) is 0 Å². The maximum absolute atomic E-state index is 12.9. The lowest BCUT2D eigenvalue weighted by molar-refractivity contribution is 0.199. The Bertz CT molecular complexity index is 496. The SMILES string of the molecule is CC(O)CN(Cc1ccc(F)cc1)c1ccccc1. The molecule has 0 aliphatic rings. The summed E-state index contributed by atoms with van der Waals surface area (Å²) in [6.07, 6.45) is -0.416. The second-order valence-corrected chi connectivity index (χ2v) is 4.69. The van der Waals surface area contributed by atoms with Crippen LogP contribution in [0, 0.1) is 5.82 Å². The largest absolute Gasteiger partial charge is 0.392 e. The van der Waals surface area contributed by atoms with E-state index >= 15 is 0 Å². The van der Waals surface area contributed by atoms with Gasteiger partial charge in [-0.1, -0.05) is 30.3 Å². The first-order valence-electron chi connectivity index (χ1n) is 6.37. The molecule has 2 aromatic carbocycles. The van der Waals surface area contributed by atoms with Crippen LogP contribution >= 0.6 is 0 Å². The van der Waals surface area contributed by atoms with Crippen molar-refractivity contribution in [2.75, 3.05) is 11.4 Å². The first kappa shape index (κ1) is 13.6. The van der Waals surface area contributed by atoms with Crippen molar-refractivity contribution in [1.82, 2.24) is 0 Å². The molecule has 1 N–H and O–H groups in total. The summed E-state index contributed by atoms with van der Waals surface area (Å²) in [5.41, 5.74) is 2.07. The van der Waals surface area contributed by atoms with Crippen molar-refractivity contribution in [2.45, 2.75) is 19.6 Å². The van der Waals surface area contributed by atoms with Gasteiger partial charge >= 0.3 is 0 Å². The van der Waals surface area contributed by atoms with E-state index in [1.54, 1.807) is 19.1 Å². The van der Waals surface area contributed by atoms with Gasteiger partial charge in [0.15, 0.2) is 0 Å². The third-order valence-corrected chi connectivity index (χ3v) is 2.89. The van der Waals surface area contributed by atoms with E-state index in [2.05, 4.69) is 4.90 Å². The Kier molecular flexibility index (Phi) is 4.53. The van der Waals surface area contributed by atoms with Crippen molar-refractivity contribution in [3.8, 4) is 0 Å². The number of aliphatic hydroxyl groups excluding tert-OH is 1. The van der Waals surface area contributed by atoms with Crippen LogP contribution in [0.1, 0.15) is 12.5 Å². The number of rotatable bonds is 5. The molecule has 2 aromatic rings. The molecule has 1 atom stereocenters. The van der Waals surface area contributed by atoms with Crippen molar-refractivity contribution in [3.05, 3.63) is 66.0 Å². The zero-order valence-corrected chi connectivity index (χ0v) is 11.0. The Balaban J connectivity index is 2.16. The van der Waals surface area contributed by atoms with Crippen LogP contribution in [0.4, 0.5) is 10.1 Å². The lowest BCUT2D eigenvalue weighted by atomic mass is 10.2. The van der Waals surface area contributed by atoms with Crippen LogP contribution in [0.5, 0.6) is 0 Å². The molecule has 0 saturated carbocycles. The standard InChI is InChI=1S/C16H18FNO/c1-13(19)11-18(16-5-3-2-4-6-16)12-14-7-9-15(17)10-8-14/h2-10,13,19H,11-12H2,1H3. The molecule has 0 bridgehead atoms. The molecule has 3 heteroatoms. The van der Waals surface area contributed by atoms with Gasteiger partial charge in [0.25, 0.3) is 0 Å². The molecule has 0 aromatic heterocycles. The van der Waals surface area contributed by atoms with Crippen LogP contribution in [0.15, 0.2) is 54.6 Å². The van der Waals surface area contributed by atoms with Crippen LogP contribution in [-0.4, -0.2) is 17.8 Å². The van der Waals surface area contributed by atoms with Gasteiger partial charge in [0.05, 0.1) is 6.10 Å². The van der Waals surface area contributed by atoms with E-state index in [1.165, 1.54) is 12.1 Å². The fourth-order valence-electron chi connectivity index (χ4n) is 2.03. The molecule has 2 nitrogen and oxygen atoms in total. The predicted octanol–water partition coefficient (Wildman–Crippen LogP) is 3.21. The van der Waals surface area contributed by atoms with Crippen molar-refractivity contribution in [1.29, 1.82) is 0 Å². The Hall–Kier alpha value is -1.87. The van der Waals surface area contributed by atoms with Crippen molar-refractivity contribution < 1.29 is 9.50 Å². The number of hydrogen-bond acceptors (Lipinski definition) is 2. The molecule has 2 rings (SSSR count). The van der Waals surface area contributed by atoms with Gasteiger partial charge in [0.1, 0.15) is 5.82 Å². The van der Waals surface area contributed by atoms with Crippen molar-refractivity contribution >= 4 is 5.69 Å². The summed E-state index contributed by atoms with van der Waals surface area (Å²) < 4.78 is 12.9. The Morgan fingerprint density at radius 2 is 1.68 bits per heavy atom. The topological polar surface area (TPSA) is 23.5 Å². The average Bonchev–Trinajstić information content (AvgIpc) is 2.41. The summed E-state index contributed by atoms with van der Waals surface area (Å²) in [4.78, 5) is 2.08. The third-order valence-electron chi connectivity index (χ3n) is 2.89. The molecule has 19 heavy (non-hydrogen) atoms. The van der Waals surface area contributed by atoms with Crippen molar-refractivity contribution in [3.63, 3.8) is 0 Å². The molecule has 1 unspecified atom stereocenters. The second kappa shape index (κ2) is 6.34. The first-order valence-corrected chi connectivity index (χ1v) is 6.37. The highest BCUT2D eigenvalue weighted by Gasteiger charge is 2.09. The summed E-state index contributed by atoms with van der Waals surface area (Å²) in [7, 11) is 0. The normalized spacial score (nSPS) is 12.2. The molecule has 0 spiro atoms. The summed E-state index contributed by atoms with van der Waals surface area (Å²) >= 11 is 0. The van der Waals surface area contributed by atoms with Gasteiger partial charge in [-0.15, -0.1) is 0 Å². The smallest absolute Gasteiger partial charge is 0.123 e. The number of benzene rings is 2. The fraction of sp³-hybridized carbons (Fsp3) is 0.250. The highest BCUT2D eigenvalue weighted by molar-refractivity contribution is 5.46. The Labute approximate surface area is 113 Å². The summed E-state index contributed by atoms with van der Waals surface area (Å²) in [6.45, 7) is 2.96. The molecule has 0 amide bonds. The van der Waals surface area contributed by atoms with Crippen LogP contribution in [0.3, 0.4) is 0 Å². The van der Waals surface area contributed by atoms with E-state index in [0.717, 1.165) is 11.3 Å². The summed E-state index contributed by atoms with van der Waals surface area (Å²) in [6, 6.07) is 16.4. The second-order valence-electron chi connectivity index (χ2n) is 4.69. The van der Waals surface area contributed by atoms with E-state index in [4.69, 9.17) is 0 Å². The van der Waals surface area contributed by atoms with Gasteiger partial charge < -0.3 is 10.0 Å². The lowest BCUT2D eigenvalue weighted by Gasteiger charge is -2.26. The quantitative estimate of drug-likeness (QED) is 0.891. The average molecular weight is 259 g/mol. The molecular formula is C16H18FNO. The number of anilines is 1. The number of aliphatic hydroxyl groups is 1. The number of nitrogens with zero attached hydrogens (tertiary/aromatic N) is 1. The predicted molar refractivity (Wildman–Crippen MR) is 75.6 cm³/mol. The summed E-state index contributed by atoms with van der Waals surface area (Å²) in [5.74, 6) is -0.231. The van der Waals surface area contributed by atoms with Gasteiger partial charge in [-0.3, -0.25) is 0 Å². The van der Waals surface area contributed by atoms with Gasteiger partial charge in [-0.05, 0) is 36.8 Å². The molecule has 0 radical (unpaired) electrons. The van der Waals surface area contributed by atoms with E-state index in [-0.39, 0.29) is 5.82 Å². The highest BCUT2D eigenvalue weighted by atomic mass is 19.1. The zero-order valence-electron chi connectivity index (χ0n) is 11.0. The van der Waals surface area contributed by atoms with E-state index in [9.17, 15) is 9.50 Å². The minimum Gasteiger partial charge on any atom is -0.392 e. The first-order chi connectivity index (χ1) is 9.15. The van der Waals surface area contributed by atoms with Crippen LogP contribution in [-0.2, 0) is 6.54 Å². The maximum Gasteiger partial charge on any atom is 0.123 e. The van der Waals surface area contributed by atoms with E-state index in [1.807, 2.05) is 30.3 Å². The zero-order chi connectivity index (χ0) is 13.7. The fourth-order valence-corrected chi connectivity index (χ4v) is 2.03. The highest BCUT2D eigenvalue weighted by Crippen LogP contribution is 2.17. The lowest BCUT2D eigenvalue weighted by Crippen LogP contribution is -2.30. The van der Waals surface area contributed by atoms with Crippen LogP contribution in [0.2, 0.25) is 0 Å². The van der Waals surface area contributed by atoms with E-state index in [0.29, 0.717) is 13.1 Å².